The number of nitrogens with zero attached hydrogens (tertiary/aromatic N) is 1. The Morgan fingerprint density at radius 3 is 3.00 bits per heavy atom. The van der Waals surface area contributed by atoms with Gasteiger partial charge in [-0.25, -0.2) is 4.98 Å². The van der Waals surface area contributed by atoms with E-state index in [-0.39, 0.29) is 6.04 Å². The van der Waals surface area contributed by atoms with Crippen molar-refractivity contribution < 1.29 is 4.39 Å². The van der Waals surface area contributed by atoms with Crippen molar-refractivity contribution in [1.29, 1.82) is 0 Å². The SMILES string of the molecule is CCCC(N)c1cccnc1F. The largest absolute Gasteiger partial charge is 0.324 e. The second-order valence-electron chi connectivity index (χ2n) is 2.78. The van der Waals surface area contributed by atoms with Gasteiger partial charge in [0.15, 0.2) is 0 Å². The molecule has 0 saturated carbocycles. The molecule has 1 rings (SSSR count). The van der Waals surface area contributed by atoms with E-state index >= 15 is 0 Å². The highest BCUT2D eigenvalue weighted by Crippen LogP contribution is 2.16. The molecule has 12 heavy (non-hydrogen) atoms. The highest BCUT2D eigenvalue weighted by atomic mass is 19.1. The molecule has 1 aromatic heterocycles. The average Bonchev–Trinajstić information content (AvgIpc) is 2.05. The molecule has 0 aliphatic carbocycles. The van der Waals surface area contributed by atoms with Gasteiger partial charge in [0.1, 0.15) is 0 Å². The summed E-state index contributed by atoms with van der Waals surface area (Å²) in [5, 5.41) is 0. The maximum Gasteiger partial charge on any atom is 0.217 e. The summed E-state index contributed by atoms with van der Waals surface area (Å²) in [6.45, 7) is 2.02. The third-order valence-corrected chi connectivity index (χ3v) is 1.79. The molecule has 2 N–H and O–H groups in total. The molecule has 0 amide bonds. The molecule has 1 unspecified atom stereocenters. The molecule has 66 valence electrons. The van der Waals surface area contributed by atoms with Crippen molar-refractivity contribution in [2.45, 2.75) is 25.8 Å². The molecule has 1 atom stereocenters. The van der Waals surface area contributed by atoms with Gasteiger partial charge in [0.2, 0.25) is 5.95 Å². The summed E-state index contributed by atoms with van der Waals surface area (Å²) >= 11 is 0. The van der Waals surface area contributed by atoms with Crippen LogP contribution < -0.4 is 5.73 Å². The van der Waals surface area contributed by atoms with Crippen LogP contribution in [0, 0.1) is 5.95 Å². The number of halogens is 1. The second-order valence-corrected chi connectivity index (χ2v) is 2.78. The van der Waals surface area contributed by atoms with E-state index in [0.29, 0.717) is 5.56 Å². The Morgan fingerprint density at radius 2 is 2.42 bits per heavy atom. The van der Waals surface area contributed by atoms with E-state index in [1.54, 1.807) is 12.1 Å². The topological polar surface area (TPSA) is 38.9 Å². The lowest BCUT2D eigenvalue weighted by molar-refractivity contribution is 0.530. The van der Waals surface area contributed by atoms with E-state index in [9.17, 15) is 4.39 Å². The standard InChI is InChI=1S/C9H13FN2/c1-2-4-8(11)7-5-3-6-12-9(7)10/h3,5-6,8H,2,4,11H2,1H3. The van der Waals surface area contributed by atoms with Crippen LogP contribution in [-0.2, 0) is 0 Å². The molecule has 3 heteroatoms. The molecule has 0 aliphatic heterocycles. The fourth-order valence-corrected chi connectivity index (χ4v) is 1.14. The monoisotopic (exact) mass is 168 g/mol. The molecule has 2 nitrogen and oxygen atoms in total. The van der Waals surface area contributed by atoms with Crippen LogP contribution in [0.1, 0.15) is 31.4 Å². The smallest absolute Gasteiger partial charge is 0.217 e. The zero-order valence-corrected chi connectivity index (χ0v) is 7.13. The summed E-state index contributed by atoms with van der Waals surface area (Å²) in [5.74, 6) is -0.446. The minimum Gasteiger partial charge on any atom is -0.324 e. The van der Waals surface area contributed by atoms with Crippen molar-refractivity contribution in [3.8, 4) is 0 Å². The van der Waals surface area contributed by atoms with Crippen molar-refractivity contribution >= 4 is 0 Å². The zero-order chi connectivity index (χ0) is 8.97. The van der Waals surface area contributed by atoms with Crippen molar-refractivity contribution in [2.75, 3.05) is 0 Å². The Hall–Kier alpha value is -0.960. The predicted octanol–water partition coefficient (Wildman–Crippen LogP) is 2.02. The quantitative estimate of drug-likeness (QED) is 0.701. The Bertz CT molecular complexity index is 250. The molecule has 0 spiro atoms. The first-order valence-electron chi connectivity index (χ1n) is 4.11. The van der Waals surface area contributed by atoms with Gasteiger partial charge in [0, 0.05) is 17.8 Å². The van der Waals surface area contributed by atoms with Gasteiger partial charge in [-0.2, -0.15) is 4.39 Å². The summed E-state index contributed by atoms with van der Waals surface area (Å²) in [4.78, 5) is 3.54. The molecule has 0 fully saturated rings. The van der Waals surface area contributed by atoms with Gasteiger partial charge in [-0.1, -0.05) is 19.4 Å². The third-order valence-electron chi connectivity index (χ3n) is 1.79. The van der Waals surface area contributed by atoms with Crippen molar-refractivity contribution in [2.24, 2.45) is 5.73 Å². The summed E-state index contributed by atoms with van der Waals surface area (Å²) < 4.78 is 13.0. The van der Waals surface area contributed by atoms with E-state index in [2.05, 4.69) is 4.98 Å². The lowest BCUT2D eigenvalue weighted by Crippen LogP contribution is -2.12. The fourth-order valence-electron chi connectivity index (χ4n) is 1.14. The highest BCUT2D eigenvalue weighted by molar-refractivity contribution is 5.14. The molecule has 0 bridgehead atoms. The summed E-state index contributed by atoms with van der Waals surface area (Å²) in [5.41, 5.74) is 6.24. The molecular weight excluding hydrogens is 155 g/mol. The summed E-state index contributed by atoms with van der Waals surface area (Å²) in [6, 6.07) is 3.17. The minimum atomic E-state index is -0.446. The Kier molecular flexibility index (Phi) is 3.17. The van der Waals surface area contributed by atoms with Gasteiger partial charge in [-0.05, 0) is 12.5 Å². The molecule has 0 saturated heterocycles. The van der Waals surface area contributed by atoms with E-state index in [4.69, 9.17) is 5.73 Å². The summed E-state index contributed by atoms with van der Waals surface area (Å²) in [7, 11) is 0. The first kappa shape index (κ1) is 9.13. The van der Waals surface area contributed by atoms with E-state index in [1.807, 2.05) is 6.92 Å². The number of nitrogens with two attached hydrogens (primary N) is 1. The second kappa shape index (κ2) is 4.16. The maximum absolute atomic E-state index is 13.0. The van der Waals surface area contributed by atoms with Gasteiger partial charge in [-0.15, -0.1) is 0 Å². The van der Waals surface area contributed by atoms with Gasteiger partial charge >= 0.3 is 0 Å². The van der Waals surface area contributed by atoms with Crippen LogP contribution in [0.25, 0.3) is 0 Å². The van der Waals surface area contributed by atoms with Gasteiger partial charge in [0.25, 0.3) is 0 Å². The van der Waals surface area contributed by atoms with Crippen molar-refractivity contribution in [3.05, 3.63) is 29.8 Å². The van der Waals surface area contributed by atoms with Gasteiger partial charge in [-0.3, -0.25) is 0 Å². The number of pyridine rings is 1. The molecular formula is C9H13FN2. The van der Waals surface area contributed by atoms with Crippen LogP contribution >= 0.6 is 0 Å². The molecule has 0 radical (unpaired) electrons. The van der Waals surface area contributed by atoms with E-state index in [0.717, 1.165) is 12.8 Å². The van der Waals surface area contributed by atoms with Gasteiger partial charge < -0.3 is 5.73 Å². The molecule has 0 aliphatic rings. The summed E-state index contributed by atoms with van der Waals surface area (Å²) in [6.07, 6.45) is 3.18. The normalized spacial score (nSPS) is 12.9. The van der Waals surface area contributed by atoms with Crippen LogP contribution in [0.15, 0.2) is 18.3 Å². The molecule has 0 aromatic carbocycles. The van der Waals surface area contributed by atoms with Crippen LogP contribution in [-0.4, -0.2) is 4.98 Å². The molecule has 1 aromatic rings. The first-order valence-corrected chi connectivity index (χ1v) is 4.11. The van der Waals surface area contributed by atoms with Crippen molar-refractivity contribution in [3.63, 3.8) is 0 Å². The van der Waals surface area contributed by atoms with Crippen LogP contribution in [0.4, 0.5) is 4.39 Å². The highest BCUT2D eigenvalue weighted by Gasteiger charge is 2.09. The first-order chi connectivity index (χ1) is 5.75. The number of rotatable bonds is 3. The minimum absolute atomic E-state index is 0.219. The predicted molar refractivity (Wildman–Crippen MR) is 46.0 cm³/mol. The lowest BCUT2D eigenvalue weighted by atomic mass is 10.1. The van der Waals surface area contributed by atoms with Crippen LogP contribution in [0.3, 0.4) is 0 Å². The number of hydrogen-bond donors (Lipinski definition) is 1. The average molecular weight is 168 g/mol. The third kappa shape index (κ3) is 2.01. The van der Waals surface area contributed by atoms with Crippen LogP contribution in [0.2, 0.25) is 0 Å². The van der Waals surface area contributed by atoms with E-state index in [1.165, 1.54) is 6.20 Å². The Balaban J connectivity index is 2.79. The number of hydrogen-bond acceptors (Lipinski definition) is 2. The van der Waals surface area contributed by atoms with Crippen molar-refractivity contribution in [1.82, 2.24) is 4.98 Å². The Labute approximate surface area is 71.6 Å². The van der Waals surface area contributed by atoms with E-state index < -0.39 is 5.95 Å². The lowest BCUT2D eigenvalue weighted by Gasteiger charge is -2.09. The number of aromatic nitrogens is 1. The Morgan fingerprint density at radius 1 is 1.67 bits per heavy atom. The maximum atomic E-state index is 13.0. The zero-order valence-electron chi connectivity index (χ0n) is 7.13. The van der Waals surface area contributed by atoms with Gasteiger partial charge in [0.05, 0.1) is 0 Å². The fraction of sp³-hybridized carbons (Fsp3) is 0.444. The van der Waals surface area contributed by atoms with Crippen LogP contribution in [0.5, 0.6) is 0 Å². The molecule has 1 heterocycles.